The third-order valence-corrected chi connectivity index (χ3v) is 5.80. The quantitative estimate of drug-likeness (QED) is 0.547. The molecule has 0 spiro atoms. The van der Waals surface area contributed by atoms with Gasteiger partial charge in [-0.1, -0.05) is 49.2 Å². The Labute approximate surface area is 167 Å². The first-order valence-corrected chi connectivity index (χ1v) is 9.93. The topological polar surface area (TPSA) is 77.1 Å². The molecule has 29 heavy (non-hydrogen) atoms. The number of aromatic nitrogens is 2. The second kappa shape index (κ2) is 6.88. The van der Waals surface area contributed by atoms with Gasteiger partial charge in [-0.15, -0.1) is 0 Å². The first-order chi connectivity index (χ1) is 14.1. The van der Waals surface area contributed by atoms with Crippen molar-refractivity contribution in [2.75, 3.05) is 5.32 Å². The number of hydrogen-bond acceptors (Lipinski definition) is 4. The van der Waals surface area contributed by atoms with Crippen molar-refractivity contribution < 1.29 is 9.21 Å². The van der Waals surface area contributed by atoms with E-state index in [-0.39, 0.29) is 34.2 Å². The number of fused-ring (bicyclic) bond motifs is 2. The Morgan fingerprint density at radius 1 is 1.14 bits per heavy atom. The number of benzene rings is 2. The van der Waals surface area contributed by atoms with E-state index in [0.717, 1.165) is 36.5 Å². The number of carbonyl (C=O) groups excluding carboxylic acids is 1. The molecule has 5 rings (SSSR count). The predicted molar refractivity (Wildman–Crippen MR) is 112 cm³/mol. The van der Waals surface area contributed by atoms with E-state index in [2.05, 4.69) is 10.3 Å². The maximum Gasteiger partial charge on any atom is 0.265 e. The van der Waals surface area contributed by atoms with Gasteiger partial charge in [0.05, 0.1) is 5.56 Å². The van der Waals surface area contributed by atoms with Crippen molar-refractivity contribution in [2.24, 2.45) is 0 Å². The summed E-state index contributed by atoms with van der Waals surface area (Å²) in [5, 5.41) is 5.19. The van der Waals surface area contributed by atoms with Gasteiger partial charge < -0.3 is 9.73 Å². The van der Waals surface area contributed by atoms with Crippen molar-refractivity contribution in [3.63, 3.8) is 0 Å². The van der Waals surface area contributed by atoms with Crippen LogP contribution in [0.25, 0.3) is 21.9 Å². The molecule has 2 aromatic carbocycles. The van der Waals surface area contributed by atoms with E-state index in [9.17, 15) is 9.59 Å². The van der Waals surface area contributed by atoms with Crippen molar-refractivity contribution in [1.29, 1.82) is 0 Å². The van der Waals surface area contributed by atoms with Crippen molar-refractivity contribution in [3.05, 3.63) is 70.5 Å². The highest BCUT2D eigenvalue weighted by Crippen LogP contribution is 2.30. The molecule has 6 nitrogen and oxygen atoms in total. The molecule has 1 aliphatic rings. The second-order valence-corrected chi connectivity index (χ2v) is 7.59. The van der Waals surface area contributed by atoms with Crippen LogP contribution in [0.5, 0.6) is 0 Å². The van der Waals surface area contributed by atoms with E-state index in [1.54, 1.807) is 17.8 Å². The molecule has 0 unspecified atom stereocenters. The highest BCUT2D eigenvalue weighted by Gasteiger charge is 2.26. The van der Waals surface area contributed by atoms with Gasteiger partial charge in [0.15, 0.2) is 0 Å². The number of nitrogens with zero attached hydrogens (tertiary/aromatic N) is 2. The monoisotopic (exact) mass is 387 g/mol. The molecule has 1 fully saturated rings. The molecule has 0 bridgehead atoms. The molecule has 1 aliphatic carbocycles. The lowest BCUT2D eigenvalue weighted by Crippen LogP contribution is -2.25. The van der Waals surface area contributed by atoms with Gasteiger partial charge in [-0.3, -0.25) is 14.2 Å². The van der Waals surface area contributed by atoms with Gasteiger partial charge in [0, 0.05) is 17.1 Å². The lowest BCUT2D eigenvalue weighted by atomic mass is 10.1. The molecule has 0 radical (unpaired) electrons. The minimum absolute atomic E-state index is 0.142. The zero-order chi connectivity index (χ0) is 20.0. The van der Waals surface area contributed by atoms with Crippen LogP contribution < -0.4 is 10.9 Å². The first kappa shape index (κ1) is 17.7. The zero-order valence-electron chi connectivity index (χ0n) is 16.1. The van der Waals surface area contributed by atoms with Gasteiger partial charge in [0.25, 0.3) is 11.5 Å². The summed E-state index contributed by atoms with van der Waals surface area (Å²) < 4.78 is 7.32. The molecular formula is C23H21N3O3. The van der Waals surface area contributed by atoms with Gasteiger partial charge in [-0.05, 0) is 31.2 Å². The maximum atomic E-state index is 13.2. The summed E-state index contributed by atoms with van der Waals surface area (Å²) in [5.74, 6) is 0.0344. The summed E-state index contributed by atoms with van der Waals surface area (Å²) in [7, 11) is 0. The molecule has 4 aromatic rings. The number of amides is 1. The van der Waals surface area contributed by atoms with Crippen molar-refractivity contribution in [3.8, 4) is 0 Å². The zero-order valence-corrected chi connectivity index (χ0v) is 16.1. The fraction of sp³-hybridized carbons (Fsp3) is 0.261. The first-order valence-electron chi connectivity index (χ1n) is 9.93. The largest absolute Gasteiger partial charge is 0.442 e. The van der Waals surface area contributed by atoms with Crippen LogP contribution in [-0.4, -0.2) is 15.5 Å². The van der Waals surface area contributed by atoms with Crippen LogP contribution >= 0.6 is 0 Å². The minimum atomic E-state index is -0.360. The number of carbonyl (C=O) groups is 1. The highest BCUT2D eigenvalue weighted by molar-refractivity contribution is 6.15. The van der Waals surface area contributed by atoms with Crippen LogP contribution in [0, 0.1) is 6.92 Å². The van der Waals surface area contributed by atoms with Crippen LogP contribution in [0.2, 0.25) is 0 Å². The minimum Gasteiger partial charge on any atom is -0.442 e. The lowest BCUT2D eigenvalue weighted by molar-refractivity contribution is 0.102. The van der Waals surface area contributed by atoms with Gasteiger partial charge >= 0.3 is 0 Å². The summed E-state index contributed by atoms with van der Waals surface area (Å²) >= 11 is 0. The fourth-order valence-corrected chi connectivity index (χ4v) is 4.35. The van der Waals surface area contributed by atoms with Gasteiger partial charge in [-0.2, -0.15) is 0 Å². The molecule has 1 saturated carbocycles. The van der Waals surface area contributed by atoms with E-state index < -0.39 is 0 Å². The van der Waals surface area contributed by atoms with E-state index >= 15 is 0 Å². The van der Waals surface area contributed by atoms with Gasteiger partial charge in [0.1, 0.15) is 17.5 Å². The molecule has 2 aromatic heterocycles. The summed E-state index contributed by atoms with van der Waals surface area (Å²) in [5.41, 5.74) is 0.964. The maximum absolute atomic E-state index is 13.2. The number of rotatable bonds is 3. The Morgan fingerprint density at radius 3 is 2.72 bits per heavy atom. The Kier molecular flexibility index (Phi) is 4.19. The Morgan fingerprint density at radius 2 is 1.90 bits per heavy atom. The van der Waals surface area contributed by atoms with Gasteiger partial charge in [0.2, 0.25) is 5.71 Å². The van der Waals surface area contributed by atoms with E-state index in [1.165, 1.54) is 0 Å². The van der Waals surface area contributed by atoms with E-state index in [0.29, 0.717) is 11.4 Å². The number of aryl methyl sites for hydroxylation is 1. The molecule has 1 amide bonds. The highest BCUT2D eigenvalue weighted by atomic mass is 16.3. The van der Waals surface area contributed by atoms with Crippen molar-refractivity contribution in [1.82, 2.24) is 9.55 Å². The fourth-order valence-electron chi connectivity index (χ4n) is 4.35. The number of hydrogen-bond donors (Lipinski definition) is 1. The summed E-state index contributed by atoms with van der Waals surface area (Å²) in [4.78, 5) is 30.7. The van der Waals surface area contributed by atoms with Crippen molar-refractivity contribution in [2.45, 2.75) is 38.6 Å². The Bertz CT molecular complexity index is 1290. The smallest absolute Gasteiger partial charge is 0.265 e. The van der Waals surface area contributed by atoms with Crippen LogP contribution in [0.15, 0.2) is 58.0 Å². The van der Waals surface area contributed by atoms with Gasteiger partial charge in [-0.25, -0.2) is 4.98 Å². The molecule has 146 valence electrons. The van der Waals surface area contributed by atoms with Crippen LogP contribution in [-0.2, 0) is 0 Å². The molecule has 1 N–H and O–H groups in total. The molecule has 0 aliphatic heterocycles. The summed E-state index contributed by atoms with van der Waals surface area (Å²) in [6.07, 6.45) is 5.68. The molecule has 0 atom stereocenters. The van der Waals surface area contributed by atoms with E-state index in [4.69, 9.17) is 4.42 Å². The van der Waals surface area contributed by atoms with Crippen molar-refractivity contribution >= 4 is 33.5 Å². The molecular weight excluding hydrogens is 366 g/mol. The Hall–Kier alpha value is -3.41. The van der Waals surface area contributed by atoms with Crippen LogP contribution in [0.4, 0.5) is 5.69 Å². The SMILES string of the molecule is Cc1oc2ncn(C3CCCC3)c(=O)c2c1C(=O)Nc1cccc2ccccc12. The molecule has 6 heteroatoms. The average molecular weight is 387 g/mol. The number of anilines is 1. The number of furan rings is 1. The Balaban J connectivity index is 1.60. The third-order valence-electron chi connectivity index (χ3n) is 5.80. The standard InChI is InChI=1S/C23H21N3O3/c1-14-19(21(27)25-18-12-6-8-15-7-2-5-11-17(15)18)20-22(29-14)24-13-26(23(20)28)16-9-3-4-10-16/h2,5-8,11-13,16H,3-4,9-10H2,1H3,(H,25,27). The normalized spacial score (nSPS) is 14.7. The summed E-state index contributed by atoms with van der Waals surface area (Å²) in [6.45, 7) is 1.69. The predicted octanol–water partition coefficient (Wildman–Crippen LogP) is 4.82. The molecule has 0 saturated heterocycles. The average Bonchev–Trinajstić information content (AvgIpc) is 3.36. The van der Waals surface area contributed by atoms with Crippen LogP contribution in [0.3, 0.4) is 0 Å². The number of nitrogens with one attached hydrogen (secondary N) is 1. The molecule has 2 heterocycles. The second-order valence-electron chi connectivity index (χ2n) is 7.59. The lowest BCUT2D eigenvalue weighted by Gasteiger charge is -2.12. The van der Waals surface area contributed by atoms with Crippen LogP contribution in [0.1, 0.15) is 47.8 Å². The van der Waals surface area contributed by atoms with E-state index in [1.807, 2.05) is 42.5 Å². The third kappa shape index (κ3) is 2.92. The summed E-state index contributed by atoms with van der Waals surface area (Å²) in [6, 6.07) is 13.7.